The lowest BCUT2D eigenvalue weighted by Gasteiger charge is -2.66. The number of hydrogen-bond donors (Lipinski definition) is 0. The molecule has 0 aliphatic heterocycles. The van der Waals surface area contributed by atoms with E-state index in [1.54, 1.807) is 51.4 Å². The summed E-state index contributed by atoms with van der Waals surface area (Å²) < 4.78 is 0. The molecule has 11 unspecified atom stereocenters. The van der Waals surface area contributed by atoms with E-state index in [1.165, 1.54) is 36.5 Å². The lowest BCUT2D eigenvalue weighted by atomic mass is 9.39. The number of hydrogen-bond acceptors (Lipinski definition) is 0. The first-order chi connectivity index (χ1) is 11.4. The fourth-order valence-electron chi connectivity index (χ4n) is 10.3. The first kappa shape index (κ1) is 13.0. The van der Waals surface area contributed by atoms with Crippen LogP contribution in [0.2, 0.25) is 0 Å². The predicted octanol–water partition coefficient (Wildman–Crippen LogP) is 5.69. The lowest BCUT2D eigenvalue weighted by molar-refractivity contribution is -0.148. The molecule has 0 N–H and O–H groups in total. The Morgan fingerprint density at radius 3 is 1.96 bits per heavy atom. The number of allylic oxidation sites excluding steroid dienone is 2. The second-order valence-electron chi connectivity index (χ2n) is 10.7. The molecule has 0 heterocycles. The molecule has 0 aromatic carbocycles. The van der Waals surface area contributed by atoms with Gasteiger partial charge in [-0.25, -0.2) is 0 Å². The Morgan fingerprint density at radius 2 is 1.13 bits per heavy atom. The first-order valence-corrected chi connectivity index (χ1v) is 11.1. The molecule has 0 aromatic rings. The highest BCUT2D eigenvalue weighted by Crippen LogP contribution is 2.73. The van der Waals surface area contributed by atoms with Crippen LogP contribution in [-0.4, -0.2) is 0 Å². The summed E-state index contributed by atoms with van der Waals surface area (Å²) in [7, 11) is 0. The van der Waals surface area contributed by atoms with Gasteiger partial charge in [0.25, 0.3) is 0 Å². The van der Waals surface area contributed by atoms with E-state index in [2.05, 4.69) is 6.08 Å². The molecule has 7 aliphatic carbocycles. The third-order valence-corrected chi connectivity index (χ3v) is 10.6. The van der Waals surface area contributed by atoms with E-state index < -0.39 is 0 Å². The Hall–Kier alpha value is -0.260. The van der Waals surface area contributed by atoms with Crippen molar-refractivity contribution in [1.82, 2.24) is 0 Å². The van der Waals surface area contributed by atoms with Crippen molar-refractivity contribution in [2.75, 3.05) is 0 Å². The largest absolute Gasteiger partial charge is 0.0847 e. The Morgan fingerprint density at radius 1 is 0.565 bits per heavy atom. The van der Waals surface area contributed by atoms with Gasteiger partial charge in [0.2, 0.25) is 0 Å². The van der Waals surface area contributed by atoms with Gasteiger partial charge >= 0.3 is 0 Å². The molecule has 0 saturated heterocycles. The van der Waals surface area contributed by atoms with Crippen LogP contribution in [0, 0.1) is 65.1 Å². The average molecular weight is 309 g/mol. The fourth-order valence-corrected chi connectivity index (χ4v) is 10.3. The van der Waals surface area contributed by atoms with Crippen molar-refractivity contribution in [3.8, 4) is 0 Å². The van der Waals surface area contributed by atoms with E-state index in [9.17, 15) is 0 Å². The van der Waals surface area contributed by atoms with Crippen LogP contribution in [0.1, 0.15) is 64.2 Å². The van der Waals surface area contributed by atoms with Crippen molar-refractivity contribution < 1.29 is 0 Å². The van der Waals surface area contributed by atoms with E-state index in [1.807, 2.05) is 5.57 Å². The van der Waals surface area contributed by atoms with Crippen LogP contribution in [0.3, 0.4) is 0 Å². The van der Waals surface area contributed by atoms with Crippen molar-refractivity contribution >= 4 is 0 Å². The maximum Gasteiger partial charge on any atom is -0.0135 e. The van der Waals surface area contributed by atoms with E-state index >= 15 is 0 Å². The topological polar surface area (TPSA) is 0 Å². The van der Waals surface area contributed by atoms with E-state index in [4.69, 9.17) is 0 Å². The average Bonchev–Trinajstić information content (AvgIpc) is 2.99. The first-order valence-electron chi connectivity index (χ1n) is 11.1. The minimum absolute atomic E-state index is 1.08. The van der Waals surface area contributed by atoms with Crippen molar-refractivity contribution in [2.24, 2.45) is 65.1 Å². The molecule has 0 heteroatoms. The third kappa shape index (κ3) is 1.44. The molecular formula is C23H32. The van der Waals surface area contributed by atoms with Crippen molar-refractivity contribution in [2.45, 2.75) is 64.2 Å². The molecule has 0 bridgehead atoms. The Balaban J connectivity index is 1.45. The fraction of sp³-hybridized carbons (Fsp3) is 0.913. The zero-order chi connectivity index (χ0) is 14.7. The molecule has 11 atom stereocenters. The van der Waals surface area contributed by atoms with Gasteiger partial charge in [-0.3, -0.25) is 0 Å². The zero-order valence-corrected chi connectivity index (χ0v) is 14.5. The SMILES string of the molecule is C1=C2CCC3CCC4CC5CCC6CCC(C1)C1C2C3C4C5C61. The van der Waals surface area contributed by atoms with Crippen LogP contribution < -0.4 is 0 Å². The summed E-state index contributed by atoms with van der Waals surface area (Å²) in [5.74, 6) is 12.7. The maximum atomic E-state index is 2.78. The Labute approximate surface area is 141 Å². The summed E-state index contributed by atoms with van der Waals surface area (Å²) in [4.78, 5) is 0. The standard InChI is InChI=1S/C23H32/c1-2-13-4-6-15-8-10-17-11-16-9-7-14-5-3-12(1)18-19(13)21(15)23(17)22(16)20(14)18/h1,13-23H,2-11H2. The molecule has 0 radical (unpaired) electrons. The van der Waals surface area contributed by atoms with Gasteiger partial charge in [-0.15, -0.1) is 0 Å². The zero-order valence-electron chi connectivity index (χ0n) is 14.5. The Bertz CT molecular complexity index is 573. The van der Waals surface area contributed by atoms with Crippen molar-refractivity contribution in [3.05, 3.63) is 11.6 Å². The monoisotopic (exact) mass is 308 g/mol. The van der Waals surface area contributed by atoms with E-state index in [0.717, 1.165) is 41.4 Å². The molecule has 0 spiro atoms. The summed E-state index contributed by atoms with van der Waals surface area (Å²) in [5, 5.41) is 0. The molecule has 7 aliphatic rings. The molecular weight excluding hydrogens is 276 g/mol. The number of rotatable bonds is 0. The van der Waals surface area contributed by atoms with Crippen LogP contribution in [0.5, 0.6) is 0 Å². The van der Waals surface area contributed by atoms with E-state index in [-0.39, 0.29) is 0 Å². The maximum absolute atomic E-state index is 2.78. The van der Waals surface area contributed by atoms with Gasteiger partial charge in [0.1, 0.15) is 0 Å². The van der Waals surface area contributed by atoms with Crippen LogP contribution in [0.25, 0.3) is 0 Å². The molecule has 124 valence electrons. The Kier molecular flexibility index (Phi) is 2.42. The van der Waals surface area contributed by atoms with Gasteiger partial charge in [0.05, 0.1) is 0 Å². The minimum atomic E-state index is 1.08. The normalized spacial score (nSPS) is 64.3. The van der Waals surface area contributed by atoms with Gasteiger partial charge < -0.3 is 0 Å². The lowest BCUT2D eigenvalue weighted by Crippen LogP contribution is -2.60. The second-order valence-corrected chi connectivity index (χ2v) is 10.7. The highest BCUT2D eigenvalue weighted by molar-refractivity contribution is 5.26. The van der Waals surface area contributed by atoms with Gasteiger partial charge in [0, 0.05) is 0 Å². The quantitative estimate of drug-likeness (QED) is 0.504. The van der Waals surface area contributed by atoms with Gasteiger partial charge in [0.15, 0.2) is 0 Å². The summed E-state index contributed by atoms with van der Waals surface area (Å²) >= 11 is 0. The van der Waals surface area contributed by atoms with Crippen LogP contribution >= 0.6 is 0 Å². The van der Waals surface area contributed by atoms with Crippen molar-refractivity contribution in [1.29, 1.82) is 0 Å². The summed E-state index contributed by atoms with van der Waals surface area (Å²) in [6.45, 7) is 0. The predicted molar refractivity (Wildman–Crippen MR) is 92.6 cm³/mol. The van der Waals surface area contributed by atoms with Crippen molar-refractivity contribution in [3.63, 3.8) is 0 Å². The molecule has 0 nitrogen and oxygen atoms in total. The molecule has 6 fully saturated rings. The highest BCUT2D eigenvalue weighted by Gasteiger charge is 2.66. The smallest absolute Gasteiger partial charge is 0.0135 e. The minimum Gasteiger partial charge on any atom is -0.0847 e. The summed E-state index contributed by atoms with van der Waals surface area (Å²) in [5.41, 5.74) is 1.99. The van der Waals surface area contributed by atoms with Crippen LogP contribution in [0.15, 0.2) is 11.6 Å². The van der Waals surface area contributed by atoms with Gasteiger partial charge in [-0.05, 0) is 129 Å². The van der Waals surface area contributed by atoms with E-state index in [0.29, 0.717) is 0 Å². The van der Waals surface area contributed by atoms with Gasteiger partial charge in [-0.2, -0.15) is 0 Å². The molecule has 23 heavy (non-hydrogen) atoms. The van der Waals surface area contributed by atoms with Crippen LogP contribution in [-0.2, 0) is 0 Å². The second kappa shape index (κ2) is 4.28. The molecule has 0 amide bonds. The van der Waals surface area contributed by atoms with Crippen LogP contribution in [0.4, 0.5) is 0 Å². The van der Waals surface area contributed by atoms with Gasteiger partial charge in [-0.1, -0.05) is 11.6 Å². The molecule has 6 saturated carbocycles. The highest BCUT2D eigenvalue weighted by atomic mass is 14.7. The summed E-state index contributed by atoms with van der Waals surface area (Å²) in [6.07, 6.45) is 18.7. The molecule has 0 aromatic heterocycles. The molecule has 7 rings (SSSR count). The third-order valence-electron chi connectivity index (χ3n) is 10.6. The summed E-state index contributed by atoms with van der Waals surface area (Å²) in [6, 6.07) is 0.